The summed E-state index contributed by atoms with van der Waals surface area (Å²) in [6.45, 7) is 6.74. The third-order valence-corrected chi connectivity index (χ3v) is 5.44. The van der Waals surface area contributed by atoms with Gasteiger partial charge in [-0.25, -0.2) is 0 Å². The Morgan fingerprint density at radius 3 is 3.05 bits per heavy atom. The van der Waals surface area contributed by atoms with Crippen LogP contribution in [0.4, 0.5) is 0 Å². The molecule has 2 aliphatic rings. The summed E-state index contributed by atoms with van der Waals surface area (Å²) in [6, 6.07) is 7.55. The standard InChI is InChI=1S/C19H29NO/c1-3-11-20-18-8-7-16(14(18)2)6-4-15-5-9-19-17(13-15)10-12-21-19/h5,9,13-14,16,18,20H,3-4,6-8,10-12H2,1-2H3. The first-order valence-corrected chi connectivity index (χ1v) is 8.76. The van der Waals surface area contributed by atoms with E-state index < -0.39 is 0 Å². The minimum atomic E-state index is 0.753. The molecule has 1 fully saturated rings. The molecule has 1 aliphatic carbocycles. The van der Waals surface area contributed by atoms with Gasteiger partial charge in [0.25, 0.3) is 0 Å². The molecule has 0 aromatic heterocycles. The lowest BCUT2D eigenvalue weighted by atomic mass is 9.89. The van der Waals surface area contributed by atoms with Crippen LogP contribution in [0.3, 0.4) is 0 Å². The van der Waals surface area contributed by atoms with E-state index in [1.807, 2.05) is 0 Å². The number of ether oxygens (including phenoxy) is 1. The van der Waals surface area contributed by atoms with Crippen molar-refractivity contribution in [2.45, 2.75) is 58.4 Å². The molecule has 1 aliphatic heterocycles. The minimum absolute atomic E-state index is 0.753. The van der Waals surface area contributed by atoms with Crippen molar-refractivity contribution >= 4 is 0 Å². The Kier molecular flexibility index (Phi) is 4.84. The van der Waals surface area contributed by atoms with E-state index in [2.05, 4.69) is 37.4 Å². The van der Waals surface area contributed by atoms with Gasteiger partial charge in [0.15, 0.2) is 0 Å². The van der Waals surface area contributed by atoms with Crippen LogP contribution in [0.2, 0.25) is 0 Å². The molecule has 0 bridgehead atoms. The second-order valence-electron chi connectivity index (χ2n) is 6.84. The van der Waals surface area contributed by atoms with Crippen LogP contribution < -0.4 is 10.1 Å². The summed E-state index contributed by atoms with van der Waals surface area (Å²) in [4.78, 5) is 0. The molecular formula is C19H29NO. The molecule has 0 amide bonds. The van der Waals surface area contributed by atoms with Crippen molar-refractivity contribution in [1.82, 2.24) is 5.32 Å². The highest BCUT2D eigenvalue weighted by molar-refractivity contribution is 5.39. The van der Waals surface area contributed by atoms with E-state index >= 15 is 0 Å². The number of hydrogen-bond donors (Lipinski definition) is 1. The summed E-state index contributed by atoms with van der Waals surface area (Å²) >= 11 is 0. The van der Waals surface area contributed by atoms with E-state index in [-0.39, 0.29) is 0 Å². The van der Waals surface area contributed by atoms with Crippen molar-refractivity contribution in [2.75, 3.05) is 13.2 Å². The van der Waals surface area contributed by atoms with Crippen molar-refractivity contribution in [2.24, 2.45) is 11.8 Å². The van der Waals surface area contributed by atoms with Gasteiger partial charge in [-0.2, -0.15) is 0 Å². The molecule has 2 heteroatoms. The van der Waals surface area contributed by atoms with Crippen LogP contribution in [0.25, 0.3) is 0 Å². The number of benzene rings is 1. The van der Waals surface area contributed by atoms with Crippen LogP contribution in [0.1, 0.15) is 50.7 Å². The minimum Gasteiger partial charge on any atom is -0.493 e. The SMILES string of the molecule is CCCNC1CCC(CCc2ccc3c(c2)CCO3)C1C. The first-order valence-electron chi connectivity index (χ1n) is 8.76. The first kappa shape index (κ1) is 14.9. The number of hydrogen-bond acceptors (Lipinski definition) is 2. The van der Waals surface area contributed by atoms with Gasteiger partial charge in [-0.1, -0.05) is 26.0 Å². The fraction of sp³-hybridized carbons (Fsp3) is 0.684. The first-order chi connectivity index (χ1) is 10.3. The highest BCUT2D eigenvalue weighted by Gasteiger charge is 2.31. The van der Waals surface area contributed by atoms with Gasteiger partial charge in [-0.05, 0) is 67.7 Å². The summed E-state index contributed by atoms with van der Waals surface area (Å²) in [5.74, 6) is 2.83. The Morgan fingerprint density at radius 2 is 2.19 bits per heavy atom. The van der Waals surface area contributed by atoms with Gasteiger partial charge in [0.1, 0.15) is 5.75 Å². The predicted octanol–water partition coefficient (Wildman–Crippen LogP) is 3.97. The van der Waals surface area contributed by atoms with Gasteiger partial charge in [0, 0.05) is 12.5 Å². The van der Waals surface area contributed by atoms with Crippen molar-refractivity contribution < 1.29 is 4.74 Å². The summed E-state index contributed by atoms with van der Waals surface area (Å²) in [7, 11) is 0. The van der Waals surface area contributed by atoms with E-state index in [0.29, 0.717) is 0 Å². The molecular weight excluding hydrogens is 258 g/mol. The maximum Gasteiger partial charge on any atom is 0.122 e. The van der Waals surface area contributed by atoms with Crippen LogP contribution in [-0.4, -0.2) is 19.2 Å². The second-order valence-corrected chi connectivity index (χ2v) is 6.84. The zero-order valence-electron chi connectivity index (χ0n) is 13.5. The molecule has 116 valence electrons. The lowest BCUT2D eigenvalue weighted by Crippen LogP contribution is -2.33. The van der Waals surface area contributed by atoms with Crippen LogP contribution in [-0.2, 0) is 12.8 Å². The molecule has 0 saturated heterocycles. The molecule has 1 saturated carbocycles. The van der Waals surface area contributed by atoms with E-state index in [4.69, 9.17) is 4.74 Å². The lowest BCUT2D eigenvalue weighted by molar-refractivity contribution is 0.337. The highest BCUT2D eigenvalue weighted by Crippen LogP contribution is 2.35. The van der Waals surface area contributed by atoms with Gasteiger partial charge >= 0.3 is 0 Å². The van der Waals surface area contributed by atoms with Gasteiger partial charge in [-0.15, -0.1) is 0 Å². The molecule has 0 spiro atoms. The quantitative estimate of drug-likeness (QED) is 0.855. The summed E-state index contributed by atoms with van der Waals surface area (Å²) < 4.78 is 5.59. The Morgan fingerprint density at radius 1 is 1.29 bits per heavy atom. The molecule has 21 heavy (non-hydrogen) atoms. The van der Waals surface area contributed by atoms with Crippen molar-refractivity contribution in [3.05, 3.63) is 29.3 Å². The number of aryl methyl sites for hydroxylation is 1. The molecule has 3 atom stereocenters. The van der Waals surface area contributed by atoms with Crippen molar-refractivity contribution in [3.8, 4) is 5.75 Å². The normalized spacial score (nSPS) is 27.6. The Hall–Kier alpha value is -1.02. The summed E-state index contributed by atoms with van der Waals surface area (Å²) in [5.41, 5.74) is 2.91. The largest absolute Gasteiger partial charge is 0.493 e. The number of rotatable bonds is 6. The smallest absolute Gasteiger partial charge is 0.122 e. The van der Waals surface area contributed by atoms with Crippen LogP contribution in [0.15, 0.2) is 18.2 Å². The third kappa shape index (κ3) is 3.42. The molecule has 3 rings (SSSR count). The van der Waals surface area contributed by atoms with E-state index in [1.165, 1.54) is 49.8 Å². The fourth-order valence-corrected chi connectivity index (χ4v) is 4.02. The van der Waals surface area contributed by atoms with E-state index in [9.17, 15) is 0 Å². The maximum absolute atomic E-state index is 5.59. The van der Waals surface area contributed by atoms with Gasteiger partial charge < -0.3 is 10.1 Å². The third-order valence-electron chi connectivity index (χ3n) is 5.44. The van der Waals surface area contributed by atoms with E-state index in [1.54, 1.807) is 0 Å². The molecule has 1 N–H and O–H groups in total. The monoisotopic (exact) mass is 287 g/mol. The van der Waals surface area contributed by atoms with Crippen LogP contribution in [0, 0.1) is 11.8 Å². The molecule has 2 nitrogen and oxygen atoms in total. The molecule has 1 heterocycles. The van der Waals surface area contributed by atoms with Crippen molar-refractivity contribution in [1.29, 1.82) is 0 Å². The Bertz CT molecular complexity index is 471. The summed E-state index contributed by atoms with van der Waals surface area (Å²) in [6.07, 6.45) is 7.66. The second kappa shape index (κ2) is 6.83. The van der Waals surface area contributed by atoms with Gasteiger partial charge in [-0.3, -0.25) is 0 Å². The highest BCUT2D eigenvalue weighted by atomic mass is 16.5. The predicted molar refractivity (Wildman–Crippen MR) is 87.9 cm³/mol. The molecule has 1 aromatic rings. The fourth-order valence-electron chi connectivity index (χ4n) is 4.02. The van der Waals surface area contributed by atoms with Crippen LogP contribution >= 0.6 is 0 Å². The average Bonchev–Trinajstić information content (AvgIpc) is 3.09. The van der Waals surface area contributed by atoms with E-state index in [0.717, 1.165) is 36.7 Å². The number of fused-ring (bicyclic) bond motifs is 1. The Labute approximate surface area is 129 Å². The zero-order valence-corrected chi connectivity index (χ0v) is 13.5. The van der Waals surface area contributed by atoms with Gasteiger partial charge in [0.2, 0.25) is 0 Å². The van der Waals surface area contributed by atoms with Crippen molar-refractivity contribution in [3.63, 3.8) is 0 Å². The van der Waals surface area contributed by atoms with Crippen LogP contribution in [0.5, 0.6) is 5.75 Å². The average molecular weight is 287 g/mol. The van der Waals surface area contributed by atoms with Gasteiger partial charge in [0.05, 0.1) is 6.61 Å². The Balaban J connectivity index is 1.51. The zero-order chi connectivity index (χ0) is 14.7. The topological polar surface area (TPSA) is 21.3 Å². The lowest BCUT2D eigenvalue weighted by Gasteiger charge is -2.21. The summed E-state index contributed by atoms with van der Waals surface area (Å²) in [5, 5.41) is 3.73. The molecule has 1 aromatic carbocycles. The maximum atomic E-state index is 5.59. The number of nitrogens with one attached hydrogen (secondary N) is 1. The molecule has 0 radical (unpaired) electrons. The molecule has 3 unspecified atom stereocenters.